The van der Waals surface area contributed by atoms with E-state index in [1.807, 2.05) is 0 Å². The van der Waals surface area contributed by atoms with Gasteiger partial charge < -0.3 is 9.47 Å². The number of morpholine rings is 1. The Bertz CT molecular complexity index is 647. The first-order chi connectivity index (χ1) is 9.88. The lowest BCUT2D eigenvalue weighted by molar-refractivity contribution is -0.0293. The number of hydrogen-bond acceptors (Lipinski definition) is 5. The largest absolute Gasteiger partial charge is 0.379 e. The van der Waals surface area contributed by atoms with Gasteiger partial charge in [-0.1, -0.05) is 0 Å². The Morgan fingerprint density at radius 3 is 2.38 bits per heavy atom. The van der Waals surface area contributed by atoms with E-state index in [0.717, 1.165) is 0 Å². The Kier molecular flexibility index (Phi) is 3.59. The molecule has 0 aromatic carbocycles. The van der Waals surface area contributed by atoms with Crippen molar-refractivity contribution in [2.24, 2.45) is 7.05 Å². The summed E-state index contributed by atoms with van der Waals surface area (Å²) in [6, 6.07) is 0. The monoisotopic (exact) mass is 315 g/mol. The highest BCUT2D eigenvalue weighted by molar-refractivity contribution is 7.89. The molecule has 0 aliphatic carbocycles. The lowest BCUT2D eigenvalue weighted by Crippen LogP contribution is -2.59. The van der Waals surface area contributed by atoms with Crippen LogP contribution in [0.2, 0.25) is 0 Å². The zero-order valence-electron chi connectivity index (χ0n) is 12.6. The molecular formula is C13H21N3O4S. The van der Waals surface area contributed by atoms with Crippen molar-refractivity contribution < 1.29 is 17.9 Å². The Morgan fingerprint density at radius 2 is 1.86 bits per heavy atom. The first kappa shape index (κ1) is 15.0. The van der Waals surface area contributed by atoms with Gasteiger partial charge in [-0.25, -0.2) is 8.42 Å². The first-order valence-electron chi connectivity index (χ1n) is 7.07. The van der Waals surface area contributed by atoms with E-state index in [-0.39, 0.29) is 0 Å². The zero-order valence-corrected chi connectivity index (χ0v) is 13.4. The fourth-order valence-corrected chi connectivity index (χ4v) is 5.40. The molecule has 2 fully saturated rings. The predicted octanol–water partition coefficient (Wildman–Crippen LogP) is 0.217. The van der Waals surface area contributed by atoms with E-state index in [4.69, 9.17) is 9.47 Å². The van der Waals surface area contributed by atoms with E-state index in [0.29, 0.717) is 55.7 Å². The van der Waals surface area contributed by atoms with Gasteiger partial charge in [-0.2, -0.15) is 9.40 Å². The van der Waals surface area contributed by atoms with Crippen molar-refractivity contribution in [2.75, 3.05) is 33.0 Å². The van der Waals surface area contributed by atoms with Crippen LogP contribution in [0.5, 0.6) is 0 Å². The fourth-order valence-electron chi connectivity index (χ4n) is 3.24. The molecule has 0 amide bonds. The minimum atomic E-state index is -3.60. The third-order valence-corrected chi connectivity index (χ3v) is 6.67. The number of hydrogen-bond donors (Lipinski definition) is 0. The van der Waals surface area contributed by atoms with Gasteiger partial charge in [-0.05, 0) is 20.3 Å². The van der Waals surface area contributed by atoms with Crippen LogP contribution in [0.1, 0.15) is 17.8 Å². The highest BCUT2D eigenvalue weighted by Crippen LogP contribution is 2.35. The number of nitrogens with zero attached hydrogens (tertiary/aromatic N) is 3. The molecule has 118 valence electrons. The van der Waals surface area contributed by atoms with Gasteiger partial charge in [0.15, 0.2) is 0 Å². The van der Waals surface area contributed by atoms with Crippen LogP contribution in [0.3, 0.4) is 0 Å². The molecule has 1 aromatic rings. The van der Waals surface area contributed by atoms with E-state index in [1.54, 1.807) is 29.9 Å². The van der Waals surface area contributed by atoms with E-state index in [9.17, 15) is 8.42 Å². The molecule has 2 saturated heterocycles. The van der Waals surface area contributed by atoms with Crippen molar-refractivity contribution in [3.63, 3.8) is 0 Å². The Balaban J connectivity index is 2.08. The normalized spacial score (nSPS) is 27.6. The molecule has 1 aromatic heterocycles. The van der Waals surface area contributed by atoms with Crippen LogP contribution >= 0.6 is 0 Å². The quantitative estimate of drug-likeness (QED) is 0.780. The maximum absolute atomic E-state index is 13.2. The second kappa shape index (κ2) is 5.05. The van der Waals surface area contributed by atoms with Gasteiger partial charge in [-0.15, -0.1) is 0 Å². The summed E-state index contributed by atoms with van der Waals surface area (Å²) < 4.78 is 40.5. The number of rotatable bonds is 2. The molecule has 3 rings (SSSR count). The lowest BCUT2D eigenvalue weighted by atomic mass is 9.99. The standard InChI is InChI=1S/C13H21N3O4S/c1-10-12(11(2)15(3)14-10)21(17,18)16-5-7-20-9-13(16)4-6-19-8-13/h4-9H2,1-3H3. The Labute approximate surface area is 124 Å². The summed E-state index contributed by atoms with van der Waals surface area (Å²) in [5.41, 5.74) is 0.634. The number of sulfonamides is 1. The van der Waals surface area contributed by atoms with Gasteiger partial charge >= 0.3 is 0 Å². The van der Waals surface area contributed by atoms with Crippen LogP contribution in [0.15, 0.2) is 4.90 Å². The molecule has 3 heterocycles. The van der Waals surface area contributed by atoms with E-state index < -0.39 is 15.6 Å². The summed E-state index contributed by atoms with van der Waals surface area (Å²) in [7, 11) is -1.85. The van der Waals surface area contributed by atoms with Crippen molar-refractivity contribution in [1.29, 1.82) is 0 Å². The molecule has 0 saturated carbocycles. The minimum absolute atomic E-state index is 0.318. The second-order valence-corrected chi connectivity index (χ2v) is 7.58. The highest BCUT2D eigenvalue weighted by Gasteiger charge is 2.50. The van der Waals surface area contributed by atoms with Crippen molar-refractivity contribution in [3.05, 3.63) is 11.4 Å². The molecule has 1 atom stereocenters. The Morgan fingerprint density at radius 1 is 1.19 bits per heavy atom. The van der Waals surface area contributed by atoms with Crippen molar-refractivity contribution in [3.8, 4) is 0 Å². The van der Waals surface area contributed by atoms with Gasteiger partial charge in [-0.3, -0.25) is 4.68 Å². The molecule has 7 nitrogen and oxygen atoms in total. The number of aryl methyl sites for hydroxylation is 2. The smallest absolute Gasteiger partial charge is 0.247 e. The SMILES string of the molecule is Cc1nn(C)c(C)c1S(=O)(=O)N1CCOCC12CCOC2. The average molecular weight is 315 g/mol. The highest BCUT2D eigenvalue weighted by atomic mass is 32.2. The topological polar surface area (TPSA) is 73.7 Å². The molecule has 2 aliphatic rings. The predicted molar refractivity (Wildman–Crippen MR) is 75.6 cm³/mol. The Hall–Kier alpha value is -0.960. The van der Waals surface area contributed by atoms with E-state index >= 15 is 0 Å². The molecule has 1 unspecified atom stereocenters. The van der Waals surface area contributed by atoms with Crippen molar-refractivity contribution in [2.45, 2.75) is 30.7 Å². The molecule has 21 heavy (non-hydrogen) atoms. The van der Waals surface area contributed by atoms with Crippen LogP contribution in [0.4, 0.5) is 0 Å². The average Bonchev–Trinajstić information content (AvgIpc) is 2.96. The molecule has 0 N–H and O–H groups in total. The van der Waals surface area contributed by atoms with Gasteiger partial charge in [0, 0.05) is 20.2 Å². The second-order valence-electron chi connectivity index (χ2n) is 5.78. The lowest BCUT2D eigenvalue weighted by Gasteiger charge is -2.42. The maximum Gasteiger partial charge on any atom is 0.247 e. The molecule has 1 spiro atoms. The van der Waals surface area contributed by atoms with E-state index in [1.165, 1.54) is 0 Å². The van der Waals surface area contributed by atoms with Crippen LogP contribution in [-0.4, -0.2) is 61.0 Å². The number of ether oxygens (including phenoxy) is 2. The summed E-state index contributed by atoms with van der Waals surface area (Å²) in [4.78, 5) is 0.318. The van der Waals surface area contributed by atoms with Gasteiger partial charge in [0.05, 0.1) is 36.7 Å². The van der Waals surface area contributed by atoms with Crippen LogP contribution in [-0.2, 0) is 26.5 Å². The van der Waals surface area contributed by atoms with Crippen LogP contribution in [0.25, 0.3) is 0 Å². The molecule has 0 radical (unpaired) electrons. The number of aromatic nitrogens is 2. The molecule has 2 aliphatic heterocycles. The minimum Gasteiger partial charge on any atom is -0.379 e. The van der Waals surface area contributed by atoms with Crippen molar-refractivity contribution >= 4 is 10.0 Å². The van der Waals surface area contributed by atoms with Gasteiger partial charge in [0.1, 0.15) is 4.90 Å². The summed E-state index contributed by atoms with van der Waals surface area (Å²) >= 11 is 0. The van der Waals surface area contributed by atoms with Crippen molar-refractivity contribution in [1.82, 2.24) is 14.1 Å². The molecular weight excluding hydrogens is 294 g/mol. The van der Waals surface area contributed by atoms with Crippen LogP contribution < -0.4 is 0 Å². The molecule has 8 heteroatoms. The van der Waals surface area contributed by atoms with Crippen LogP contribution in [0, 0.1) is 13.8 Å². The summed E-state index contributed by atoms with van der Waals surface area (Å²) in [6.45, 7) is 5.65. The zero-order chi connectivity index (χ0) is 15.3. The van der Waals surface area contributed by atoms with Gasteiger partial charge in [0.2, 0.25) is 10.0 Å². The summed E-state index contributed by atoms with van der Waals surface area (Å²) in [6.07, 6.45) is 0.671. The van der Waals surface area contributed by atoms with E-state index in [2.05, 4.69) is 5.10 Å². The third-order valence-electron chi connectivity index (χ3n) is 4.41. The maximum atomic E-state index is 13.2. The van der Waals surface area contributed by atoms with Gasteiger partial charge in [0.25, 0.3) is 0 Å². The summed E-state index contributed by atoms with van der Waals surface area (Å²) in [5.74, 6) is 0. The third kappa shape index (κ3) is 2.21. The fraction of sp³-hybridized carbons (Fsp3) is 0.769. The summed E-state index contributed by atoms with van der Waals surface area (Å²) in [5, 5.41) is 4.24. The first-order valence-corrected chi connectivity index (χ1v) is 8.51. The molecule has 0 bridgehead atoms.